The first-order chi connectivity index (χ1) is 7.22. The average molecular weight is 308 g/mol. The lowest BCUT2D eigenvalue weighted by atomic mass is 10.2. The quantitative estimate of drug-likeness (QED) is 0.588. The second-order valence-corrected chi connectivity index (χ2v) is 6.11. The standard InChI is InChI=1S/C11H18BrNS2/c1-13(5-3-2-4-6-14)8-11-7-10(12)9-15-11/h7,9,14H,2-6,8H2,1H3. The van der Waals surface area contributed by atoms with Crippen LogP contribution in [0.4, 0.5) is 0 Å². The highest BCUT2D eigenvalue weighted by atomic mass is 79.9. The van der Waals surface area contributed by atoms with Gasteiger partial charge in [-0.1, -0.05) is 6.42 Å². The Bertz CT molecular complexity index is 275. The molecule has 1 aromatic rings. The van der Waals surface area contributed by atoms with E-state index >= 15 is 0 Å². The van der Waals surface area contributed by atoms with E-state index in [0.29, 0.717) is 0 Å². The van der Waals surface area contributed by atoms with E-state index in [1.165, 1.54) is 35.2 Å². The molecule has 1 heterocycles. The number of rotatable bonds is 7. The molecule has 0 aliphatic rings. The average Bonchev–Trinajstić information content (AvgIpc) is 2.59. The normalized spacial score (nSPS) is 11.2. The van der Waals surface area contributed by atoms with Crippen LogP contribution in [0.1, 0.15) is 24.1 Å². The Morgan fingerprint density at radius 2 is 2.20 bits per heavy atom. The molecule has 15 heavy (non-hydrogen) atoms. The predicted octanol–water partition coefficient (Wildman–Crippen LogP) is 4.04. The number of unbranched alkanes of at least 4 members (excludes halogenated alkanes) is 2. The van der Waals surface area contributed by atoms with Gasteiger partial charge in [0.1, 0.15) is 0 Å². The Labute approximate surface area is 110 Å². The van der Waals surface area contributed by atoms with E-state index in [0.717, 1.165) is 12.3 Å². The van der Waals surface area contributed by atoms with Gasteiger partial charge in [0, 0.05) is 21.3 Å². The molecule has 0 bridgehead atoms. The van der Waals surface area contributed by atoms with Gasteiger partial charge in [0.05, 0.1) is 0 Å². The van der Waals surface area contributed by atoms with Crippen molar-refractivity contribution in [2.75, 3.05) is 19.3 Å². The minimum absolute atomic E-state index is 1.02. The van der Waals surface area contributed by atoms with E-state index in [4.69, 9.17) is 0 Å². The SMILES string of the molecule is CN(CCCCCS)Cc1cc(Br)cs1. The van der Waals surface area contributed by atoms with Gasteiger partial charge < -0.3 is 4.90 Å². The monoisotopic (exact) mass is 307 g/mol. The van der Waals surface area contributed by atoms with Gasteiger partial charge >= 0.3 is 0 Å². The maximum Gasteiger partial charge on any atom is 0.0325 e. The summed E-state index contributed by atoms with van der Waals surface area (Å²) in [4.78, 5) is 3.81. The summed E-state index contributed by atoms with van der Waals surface area (Å²) in [5.74, 6) is 1.02. The highest BCUT2D eigenvalue weighted by molar-refractivity contribution is 9.10. The molecule has 0 atom stereocenters. The summed E-state index contributed by atoms with van der Waals surface area (Å²) in [7, 11) is 2.19. The van der Waals surface area contributed by atoms with Crippen molar-refractivity contribution in [1.82, 2.24) is 4.90 Å². The highest BCUT2D eigenvalue weighted by Gasteiger charge is 2.02. The Morgan fingerprint density at radius 3 is 2.80 bits per heavy atom. The van der Waals surface area contributed by atoms with Gasteiger partial charge in [0.2, 0.25) is 0 Å². The largest absolute Gasteiger partial charge is 0.301 e. The van der Waals surface area contributed by atoms with E-state index in [9.17, 15) is 0 Å². The lowest BCUT2D eigenvalue weighted by molar-refractivity contribution is 0.321. The summed E-state index contributed by atoms with van der Waals surface area (Å²) in [6.07, 6.45) is 3.81. The lowest BCUT2D eigenvalue weighted by Gasteiger charge is -2.14. The van der Waals surface area contributed by atoms with Crippen molar-refractivity contribution in [1.29, 1.82) is 0 Å². The fourth-order valence-electron chi connectivity index (χ4n) is 1.45. The van der Waals surface area contributed by atoms with Gasteiger partial charge in [-0.2, -0.15) is 12.6 Å². The zero-order valence-corrected chi connectivity index (χ0v) is 12.4. The zero-order chi connectivity index (χ0) is 11.1. The third-order valence-electron chi connectivity index (χ3n) is 2.25. The lowest BCUT2D eigenvalue weighted by Crippen LogP contribution is -2.18. The Morgan fingerprint density at radius 1 is 1.40 bits per heavy atom. The van der Waals surface area contributed by atoms with Crippen molar-refractivity contribution >= 4 is 39.9 Å². The molecule has 0 spiro atoms. The summed E-state index contributed by atoms with van der Waals surface area (Å²) < 4.78 is 1.20. The maximum atomic E-state index is 4.21. The van der Waals surface area contributed by atoms with Crippen molar-refractivity contribution in [2.24, 2.45) is 0 Å². The van der Waals surface area contributed by atoms with Crippen LogP contribution < -0.4 is 0 Å². The third-order valence-corrected chi connectivity index (χ3v) is 4.24. The smallest absolute Gasteiger partial charge is 0.0325 e. The topological polar surface area (TPSA) is 3.24 Å². The molecule has 0 amide bonds. The summed E-state index contributed by atoms with van der Waals surface area (Å²) in [6, 6.07) is 2.20. The fraction of sp³-hybridized carbons (Fsp3) is 0.636. The summed E-state index contributed by atoms with van der Waals surface area (Å²) >= 11 is 9.51. The first kappa shape index (κ1) is 13.6. The molecule has 4 heteroatoms. The number of thiophene rings is 1. The van der Waals surface area contributed by atoms with Gasteiger partial charge in [0.15, 0.2) is 0 Å². The van der Waals surface area contributed by atoms with Gasteiger partial charge in [-0.05, 0) is 54.2 Å². The zero-order valence-electron chi connectivity index (χ0n) is 9.08. The van der Waals surface area contributed by atoms with Crippen LogP contribution in [0.2, 0.25) is 0 Å². The Kier molecular flexibility index (Phi) is 6.97. The van der Waals surface area contributed by atoms with Gasteiger partial charge in [-0.3, -0.25) is 0 Å². The van der Waals surface area contributed by atoms with Crippen molar-refractivity contribution in [3.63, 3.8) is 0 Å². The second-order valence-electron chi connectivity index (χ2n) is 3.75. The summed E-state index contributed by atoms with van der Waals surface area (Å²) in [6.45, 7) is 2.25. The van der Waals surface area contributed by atoms with Crippen molar-refractivity contribution in [2.45, 2.75) is 25.8 Å². The first-order valence-corrected chi connectivity index (χ1v) is 7.55. The molecular formula is C11H18BrNS2. The minimum atomic E-state index is 1.02. The second kappa shape index (κ2) is 7.71. The number of hydrogen-bond acceptors (Lipinski definition) is 3. The van der Waals surface area contributed by atoms with E-state index in [1.54, 1.807) is 0 Å². The minimum Gasteiger partial charge on any atom is -0.301 e. The van der Waals surface area contributed by atoms with Crippen LogP contribution in [-0.4, -0.2) is 24.2 Å². The van der Waals surface area contributed by atoms with Crippen LogP contribution in [0.25, 0.3) is 0 Å². The molecule has 1 aromatic heterocycles. The molecule has 0 unspecified atom stereocenters. The highest BCUT2D eigenvalue weighted by Crippen LogP contribution is 2.20. The van der Waals surface area contributed by atoms with Gasteiger partial charge in [0.25, 0.3) is 0 Å². The fourth-order valence-corrected chi connectivity index (χ4v) is 3.21. The number of thiol groups is 1. The number of nitrogens with zero attached hydrogens (tertiary/aromatic N) is 1. The van der Waals surface area contributed by atoms with Crippen molar-refractivity contribution < 1.29 is 0 Å². The summed E-state index contributed by atoms with van der Waals surface area (Å²) in [5.41, 5.74) is 0. The molecule has 0 aliphatic heterocycles. The van der Waals surface area contributed by atoms with E-state index in [2.05, 4.69) is 52.0 Å². The van der Waals surface area contributed by atoms with Crippen molar-refractivity contribution in [3.05, 3.63) is 20.8 Å². The molecule has 0 aliphatic carbocycles. The van der Waals surface area contributed by atoms with E-state index in [1.807, 2.05) is 11.3 Å². The van der Waals surface area contributed by atoms with Crippen LogP contribution in [0.3, 0.4) is 0 Å². The Balaban J connectivity index is 2.15. The molecule has 86 valence electrons. The maximum absolute atomic E-state index is 4.21. The van der Waals surface area contributed by atoms with Crippen LogP contribution in [0, 0.1) is 0 Å². The van der Waals surface area contributed by atoms with Crippen LogP contribution in [-0.2, 0) is 6.54 Å². The van der Waals surface area contributed by atoms with Crippen LogP contribution in [0.15, 0.2) is 15.9 Å². The predicted molar refractivity (Wildman–Crippen MR) is 76.1 cm³/mol. The molecule has 1 nitrogen and oxygen atoms in total. The van der Waals surface area contributed by atoms with Crippen LogP contribution >= 0.6 is 39.9 Å². The molecular weight excluding hydrogens is 290 g/mol. The van der Waals surface area contributed by atoms with E-state index < -0.39 is 0 Å². The summed E-state index contributed by atoms with van der Waals surface area (Å²) in [5, 5.41) is 2.14. The molecule has 0 aromatic carbocycles. The molecule has 0 saturated heterocycles. The molecule has 0 saturated carbocycles. The van der Waals surface area contributed by atoms with Gasteiger partial charge in [-0.25, -0.2) is 0 Å². The molecule has 0 fully saturated rings. The third kappa shape index (κ3) is 5.95. The van der Waals surface area contributed by atoms with Gasteiger partial charge in [-0.15, -0.1) is 11.3 Å². The van der Waals surface area contributed by atoms with E-state index in [-0.39, 0.29) is 0 Å². The molecule has 0 radical (unpaired) electrons. The van der Waals surface area contributed by atoms with Crippen LogP contribution in [0.5, 0.6) is 0 Å². The van der Waals surface area contributed by atoms with Crippen molar-refractivity contribution in [3.8, 4) is 0 Å². The number of hydrogen-bond donors (Lipinski definition) is 1. The first-order valence-electron chi connectivity index (χ1n) is 5.24. The Hall–Kier alpha value is 0.490. The molecule has 0 N–H and O–H groups in total. The molecule has 1 rings (SSSR count). The number of halogens is 1.